The van der Waals surface area contributed by atoms with Gasteiger partial charge in [0.15, 0.2) is 11.5 Å². The zero-order valence-electron chi connectivity index (χ0n) is 12.1. The highest BCUT2D eigenvalue weighted by molar-refractivity contribution is 7.99. The third kappa shape index (κ3) is 3.96. The summed E-state index contributed by atoms with van der Waals surface area (Å²) in [6.45, 7) is 1.81. The summed E-state index contributed by atoms with van der Waals surface area (Å²) < 4.78 is 10.3. The van der Waals surface area contributed by atoms with Gasteiger partial charge in [-0.25, -0.2) is 0 Å². The summed E-state index contributed by atoms with van der Waals surface area (Å²) in [5, 5.41) is 13.4. The summed E-state index contributed by atoms with van der Waals surface area (Å²) in [7, 11) is 3.09. The van der Waals surface area contributed by atoms with Gasteiger partial charge >= 0.3 is 0 Å². The molecule has 1 aliphatic heterocycles. The first-order chi connectivity index (χ1) is 9.74. The Morgan fingerprint density at radius 2 is 1.80 bits per heavy atom. The van der Waals surface area contributed by atoms with Crippen LogP contribution in [0.15, 0.2) is 12.1 Å². The molecule has 0 aromatic heterocycles. The van der Waals surface area contributed by atoms with E-state index in [1.807, 2.05) is 12.1 Å². The lowest BCUT2D eigenvalue weighted by Gasteiger charge is -2.21. The number of thioether (sulfide) groups is 1. The maximum atomic E-state index is 9.87. The monoisotopic (exact) mass is 297 g/mol. The molecule has 0 aliphatic carbocycles. The van der Waals surface area contributed by atoms with Gasteiger partial charge < -0.3 is 19.9 Å². The molecule has 1 aliphatic rings. The number of hydrogen-bond donors (Lipinski definition) is 2. The maximum Gasteiger partial charge on any atom is 0.200 e. The third-order valence-corrected chi connectivity index (χ3v) is 4.69. The summed E-state index contributed by atoms with van der Waals surface area (Å²) in [6, 6.07) is 3.70. The van der Waals surface area contributed by atoms with Crippen LogP contribution in [-0.4, -0.2) is 37.4 Å². The number of benzene rings is 1. The van der Waals surface area contributed by atoms with Crippen molar-refractivity contribution in [1.82, 2.24) is 5.32 Å². The van der Waals surface area contributed by atoms with Gasteiger partial charge in [-0.1, -0.05) is 0 Å². The van der Waals surface area contributed by atoms with Gasteiger partial charge in [0.1, 0.15) is 0 Å². The fraction of sp³-hybridized carbons (Fsp3) is 0.600. The Hall–Kier alpha value is -1.07. The van der Waals surface area contributed by atoms with Crippen LogP contribution in [0.3, 0.4) is 0 Å². The number of phenols is 1. The number of nitrogens with one attached hydrogen (secondary N) is 1. The van der Waals surface area contributed by atoms with Gasteiger partial charge in [0.2, 0.25) is 5.75 Å². The first-order valence-corrected chi connectivity index (χ1v) is 8.12. The quantitative estimate of drug-likeness (QED) is 0.845. The Kier molecular flexibility index (Phi) is 5.86. The molecule has 2 rings (SSSR count). The minimum atomic E-state index is 0.0584. The van der Waals surface area contributed by atoms with Crippen LogP contribution in [0.4, 0.5) is 0 Å². The molecule has 0 unspecified atom stereocenters. The largest absolute Gasteiger partial charge is 0.502 e. The zero-order chi connectivity index (χ0) is 14.4. The van der Waals surface area contributed by atoms with Gasteiger partial charge in [-0.2, -0.15) is 11.8 Å². The second-order valence-electron chi connectivity index (χ2n) is 5.04. The van der Waals surface area contributed by atoms with E-state index >= 15 is 0 Å². The van der Waals surface area contributed by atoms with Gasteiger partial charge in [-0.15, -0.1) is 0 Å². The van der Waals surface area contributed by atoms with Gasteiger partial charge in [0, 0.05) is 6.54 Å². The van der Waals surface area contributed by atoms with E-state index in [9.17, 15) is 5.11 Å². The van der Waals surface area contributed by atoms with Crippen LogP contribution in [0.5, 0.6) is 17.2 Å². The smallest absolute Gasteiger partial charge is 0.200 e. The second kappa shape index (κ2) is 7.64. The van der Waals surface area contributed by atoms with E-state index in [-0.39, 0.29) is 5.75 Å². The SMILES string of the molecule is COc1cc(CNCC2CCSCC2)cc(OC)c1O. The highest BCUT2D eigenvalue weighted by Crippen LogP contribution is 2.37. The zero-order valence-corrected chi connectivity index (χ0v) is 13.0. The van der Waals surface area contributed by atoms with Crippen molar-refractivity contribution in [2.45, 2.75) is 19.4 Å². The molecule has 1 saturated heterocycles. The molecule has 5 heteroatoms. The van der Waals surface area contributed by atoms with Crippen LogP contribution >= 0.6 is 11.8 Å². The first kappa shape index (κ1) is 15.3. The van der Waals surface area contributed by atoms with Crippen molar-refractivity contribution in [2.75, 3.05) is 32.3 Å². The van der Waals surface area contributed by atoms with Crippen molar-refractivity contribution in [3.63, 3.8) is 0 Å². The molecule has 0 spiro atoms. The van der Waals surface area contributed by atoms with E-state index in [0.29, 0.717) is 11.5 Å². The Balaban J connectivity index is 1.91. The molecule has 0 bridgehead atoms. The number of ether oxygens (including phenoxy) is 2. The minimum absolute atomic E-state index is 0.0584. The summed E-state index contributed by atoms with van der Waals surface area (Å²) in [5.41, 5.74) is 1.06. The molecular formula is C15H23NO3S. The summed E-state index contributed by atoms with van der Waals surface area (Å²) in [5.74, 6) is 4.33. The molecule has 1 fully saturated rings. The Morgan fingerprint density at radius 1 is 1.20 bits per heavy atom. The fourth-order valence-corrected chi connectivity index (χ4v) is 3.63. The van der Waals surface area contributed by atoms with E-state index in [1.165, 1.54) is 24.3 Å². The molecule has 1 aromatic rings. The molecule has 4 nitrogen and oxygen atoms in total. The molecule has 112 valence electrons. The lowest BCUT2D eigenvalue weighted by Crippen LogP contribution is -2.25. The standard InChI is InChI=1S/C15H23NO3S/c1-18-13-7-12(8-14(19-2)15(13)17)10-16-9-11-3-5-20-6-4-11/h7-8,11,16-17H,3-6,9-10H2,1-2H3. The molecule has 0 atom stereocenters. The van der Waals surface area contributed by atoms with Gasteiger partial charge in [-0.05, 0) is 54.5 Å². The van der Waals surface area contributed by atoms with Gasteiger partial charge in [-0.3, -0.25) is 0 Å². The van der Waals surface area contributed by atoms with Crippen LogP contribution in [0.1, 0.15) is 18.4 Å². The molecular weight excluding hydrogens is 274 g/mol. The maximum absolute atomic E-state index is 9.87. The summed E-state index contributed by atoms with van der Waals surface area (Å²) >= 11 is 2.05. The number of methoxy groups -OCH3 is 2. The van der Waals surface area contributed by atoms with Crippen molar-refractivity contribution in [2.24, 2.45) is 5.92 Å². The van der Waals surface area contributed by atoms with Crippen LogP contribution < -0.4 is 14.8 Å². The van der Waals surface area contributed by atoms with Crippen molar-refractivity contribution in [3.8, 4) is 17.2 Å². The Bertz CT molecular complexity index is 408. The number of hydrogen-bond acceptors (Lipinski definition) is 5. The summed E-state index contributed by atoms with van der Waals surface area (Å²) in [4.78, 5) is 0. The summed E-state index contributed by atoms with van der Waals surface area (Å²) in [6.07, 6.45) is 2.61. The molecule has 20 heavy (non-hydrogen) atoms. The Labute approximate surface area is 124 Å². The fourth-order valence-electron chi connectivity index (χ4n) is 2.42. The van der Waals surface area contributed by atoms with Crippen molar-refractivity contribution >= 4 is 11.8 Å². The number of rotatable bonds is 6. The predicted octanol–water partition coefficient (Wildman–Crippen LogP) is 2.64. The van der Waals surface area contributed by atoms with E-state index in [4.69, 9.17) is 9.47 Å². The van der Waals surface area contributed by atoms with E-state index in [1.54, 1.807) is 14.2 Å². The van der Waals surface area contributed by atoms with E-state index in [2.05, 4.69) is 17.1 Å². The molecule has 1 aromatic carbocycles. The lowest BCUT2D eigenvalue weighted by atomic mass is 10.0. The average molecular weight is 297 g/mol. The van der Waals surface area contributed by atoms with Gasteiger partial charge in [0.25, 0.3) is 0 Å². The number of phenolic OH excluding ortho intramolecular Hbond substituents is 1. The van der Waals surface area contributed by atoms with E-state index in [0.717, 1.165) is 24.6 Å². The molecule has 0 amide bonds. The molecule has 2 N–H and O–H groups in total. The Morgan fingerprint density at radius 3 is 2.35 bits per heavy atom. The minimum Gasteiger partial charge on any atom is -0.502 e. The van der Waals surface area contributed by atoms with E-state index < -0.39 is 0 Å². The first-order valence-electron chi connectivity index (χ1n) is 6.97. The normalized spacial score (nSPS) is 16.1. The van der Waals surface area contributed by atoms with Crippen LogP contribution in [-0.2, 0) is 6.54 Å². The molecule has 0 saturated carbocycles. The third-order valence-electron chi connectivity index (χ3n) is 3.64. The van der Waals surface area contributed by atoms with Crippen molar-refractivity contribution in [3.05, 3.63) is 17.7 Å². The van der Waals surface area contributed by atoms with Crippen LogP contribution in [0, 0.1) is 5.92 Å². The number of aromatic hydroxyl groups is 1. The predicted molar refractivity (Wildman–Crippen MR) is 83.0 cm³/mol. The lowest BCUT2D eigenvalue weighted by molar-refractivity contribution is 0.338. The van der Waals surface area contributed by atoms with Crippen LogP contribution in [0.2, 0.25) is 0 Å². The van der Waals surface area contributed by atoms with Gasteiger partial charge in [0.05, 0.1) is 14.2 Å². The molecule has 1 heterocycles. The molecule has 0 radical (unpaired) electrons. The highest BCUT2D eigenvalue weighted by atomic mass is 32.2. The van der Waals surface area contributed by atoms with Crippen LogP contribution in [0.25, 0.3) is 0 Å². The highest BCUT2D eigenvalue weighted by Gasteiger charge is 2.14. The topological polar surface area (TPSA) is 50.7 Å². The van der Waals surface area contributed by atoms with Crippen molar-refractivity contribution < 1.29 is 14.6 Å². The second-order valence-corrected chi connectivity index (χ2v) is 6.26. The van der Waals surface area contributed by atoms with Crippen molar-refractivity contribution in [1.29, 1.82) is 0 Å². The average Bonchev–Trinajstić information content (AvgIpc) is 2.49.